The number of carbonyl (C=O) groups is 1. The van der Waals surface area contributed by atoms with Crippen molar-refractivity contribution in [2.24, 2.45) is 0 Å². The monoisotopic (exact) mass is 384 g/mol. The average Bonchev–Trinajstić information content (AvgIpc) is 2.74. The van der Waals surface area contributed by atoms with E-state index in [0.717, 1.165) is 17.7 Å². The summed E-state index contributed by atoms with van der Waals surface area (Å²) in [5.74, 6) is 1.12. The van der Waals surface area contributed by atoms with Gasteiger partial charge in [0, 0.05) is 31.5 Å². The van der Waals surface area contributed by atoms with Gasteiger partial charge in [-0.1, -0.05) is 6.08 Å². The molecule has 0 aliphatic carbocycles. The first-order valence-corrected chi connectivity index (χ1v) is 9.33. The summed E-state index contributed by atoms with van der Waals surface area (Å²) in [7, 11) is 0. The quantitative estimate of drug-likeness (QED) is 0.548. The number of aromatic nitrogens is 3. The molecule has 2 heterocycles. The third kappa shape index (κ3) is 5.26. The van der Waals surface area contributed by atoms with Gasteiger partial charge in [0.2, 0.25) is 5.91 Å². The van der Waals surface area contributed by atoms with Crippen molar-refractivity contribution in [3.8, 4) is 17.1 Å². The molecule has 28 heavy (non-hydrogen) atoms. The highest BCUT2D eigenvalue weighted by Crippen LogP contribution is 2.18. The van der Waals surface area contributed by atoms with Crippen molar-refractivity contribution >= 4 is 5.91 Å². The summed E-state index contributed by atoms with van der Waals surface area (Å²) in [6.07, 6.45) is 3.06. The van der Waals surface area contributed by atoms with Crippen LogP contribution in [0, 0.1) is 0 Å². The number of amides is 1. The first kappa shape index (κ1) is 19.8. The molecule has 0 radical (unpaired) electrons. The molecule has 1 amide bonds. The van der Waals surface area contributed by atoms with Crippen molar-refractivity contribution in [3.05, 3.63) is 53.0 Å². The van der Waals surface area contributed by atoms with Gasteiger partial charge in [0.1, 0.15) is 11.4 Å². The fourth-order valence-electron chi connectivity index (χ4n) is 2.82. The van der Waals surface area contributed by atoms with Gasteiger partial charge in [-0.05, 0) is 30.7 Å². The molecule has 0 saturated carbocycles. The fourth-order valence-corrected chi connectivity index (χ4v) is 2.82. The summed E-state index contributed by atoms with van der Waals surface area (Å²) >= 11 is 0. The van der Waals surface area contributed by atoms with Crippen LogP contribution in [0.1, 0.15) is 18.5 Å². The number of H-pyrrole nitrogens is 1. The van der Waals surface area contributed by atoms with Gasteiger partial charge in [0.15, 0.2) is 5.82 Å². The van der Waals surface area contributed by atoms with Crippen LogP contribution in [0.4, 0.5) is 0 Å². The number of hydrogen-bond acceptors (Lipinski definition) is 6. The molecule has 1 aliphatic heterocycles. The average molecular weight is 384 g/mol. The van der Waals surface area contributed by atoms with Crippen LogP contribution < -0.4 is 10.3 Å². The lowest BCUT2D eigenvalue weighted by Gasteiger charge is -2.26. The van der Waals surface area contributed by atoms with E-state index in [4.69, 9.17) is 9.47 Å². The Hall–Kier alpha value is -3.00. The molecule has 0 unspecified atom stereocenters. The topological polar surface area (TPSA) is 97.4 Å². The molecule has 0 atom stereocenters. The number of morpholine rings is 1. The van der Waals surface area contributed by atoms with Crippen molar-refractivity contribution in [1.82, 2.24) is 20.1 Å². The van der Waals surface area contributed by atoms with E-state index in [0.29, 0.717) is 38.7 Å². The van der Waals surface area contributed by atoms with Gasteiger partial charge in [-0.3, -0.25) is 9.59 Å². The Morgan fingerprint density at radius 2 is 2.00 bits per heavy atom. The molecule has 148 valence electrons. The van der Waals surface area contributed by atoms with E-state index in [-0.39, 0.29) is 30.0 Å². The highest BCUT2D eigenvalue weighted by molar-refractivity contribution is 5.76. The lowest BCUT2D eigenvalue weighted by Crippen LogP contribution is -2.41. The first-order chi connectivity index (χ1) is 13.7. The second kappa shape index (κ2) is 9.80. The minimum atomic E-state index is -0.328. The van der Waals surface area contributed by atoms with E-state index in [1.165, 1.54) is 0 Å². The second-order valence-electron chi connectivity index (χ2n) is 6.39. The number of aromatic amines is 1. The Morgan fingerprint density at radius 1 is 1.25 bits per heavy atom. The van der Waals surface area contributed by atoms with Gasteiger partial charge in [0.05, 0.1) is 19.8 Å². The molecule has 1 aromatic carbocycles. The van der Waals surface area contributed by atoms with E-state index in [1.54, 1.807) is 11.0 Å². The number of benzene rings is 1. The Kier molecular flexibility index (Phi) is 6.91. The van der Waals surface area contributed by atoms with Crippen molar-refractivity contribution < 1.29 is 14.3 Å². The zero-order chi connectivity index (χ0) is 19.8. The van der Waals surface area contributed by atoms with E-state index in [1.807, 2.05) is 24.3 Å². The number of nitrogens with one attached hydrogen (secondary N) is 1. The van der Waals surface area contributed by atoms with Gasteiger partial charge < -0.3 is 19.4 Å². The smallest absolute Gasteiger partial charge is 0.273 e. The summed E-state index contributed by atoms with van der Waals surface area (Å²) in [6, 6.07) is 7.25. The number of carbonyl (C=O) groups excluding carboxylic acids is 1. The van der Waals surface area contributed by atoms with Crippen LogP contribution in [-0.2, 0) is 16.0 Å². The fraction of sp³-hybridized carbons (Fsp3) is 0.400. The Balaban J connectivity index is 1.59. The molecule has 1 saturated heterocycles. The molecule has 1 aliphatic rings. The number of ether oxygens (including phenoxy) is 2. The largest absolute Gasteiger partial charge is 0.493 e. The summed E-state index contributed by atoms with van der Waals surface area (Å²) in [6.45, 7) is 6.51. The normalized spacial score (nSPS) is 13.9. The molecule has 2 aromatic rings. The summed E-state index contributed by atoms with van der Waals surface area (Å²) in [4.78, 5) is 29.0. The molecule has 1 N–H and O–H groups in total. The van der Waals surface area contributed by atoms with Crippen LogP contribution in [0.5, 0.6) is 5.75 Å². The Bertz CT molecular complexity index is 857. The van der Waals surface area contributed by atoms with Crippen molar-refractivity contribution in [2.75, 3.05) is 32.9 Å². The third-order valence-electron chi connectivity index (χ3n) is 4.42. The standard InChI is InChI=1S/C20H24N4O4/c1-2-3-12-28-16-6-4-15(5-7-16)19-21-20(26)17(22-23-19)8-9-18(25)24-10-13-27-14-11-24/h2,4-7H,1,3,8-14H2,(H,21,23,26). The Morgan fingerprint density at radius 3 is 2.68 bits per heavy atom. The third-order valence-corrected chi connectivity index (χ3v) is 4.42. The number of rotatable bonds is 8. The van der Waals surface area contributed by atoms with Crippen LogP contribution in [0.15, 0.2) is 41.7 Å². The molecular weight excluding hydrogens is 360 g/mol. The molecular formula is C20H24N4O4. The van der Waals surface area contributed by atoms with Crippen LogP contribution >= 0.6 is 0 Å². The number of hydrogen-bond donors (Lipinski definition) is 1. The van der Waals surface area contributed by atoms with Gasteiger partial charge >= 0.3 is 0 Å². The lowest BCUT2D eigenvalue weighted by molar-refractivity contribution is -0.135. The molecule has 1 aromatic heterocycles. The minimum absolute atomic E-state index is 0.000574. The maximum atomic E-state index is 12.3. The predicted molar refractivity (Wildman–Crippen MR) is 104 cm³/mol. The van der Waals surface area contributed by atoms with Crippen LogP contribution in [-0.4, -0.2) is 58.9 Å². The van der Waals surface area contributed by atoms with Crippen LogP contribution in [0.3, 0.4) is 0 Å². The zero-order valence-electron chi connectivity index (χ0n) is 15.7. The van der Waals surface area contributed by atoms with Crippen LogP contribution in [0.2, 0.25) is 0 Å². The van der Waals surface area contributed by atoms with E-state index in [2.05, 4.69) is 21.8 Å². The molecule has 8 nitrogen and oxygen atoms in total. The summed E-state index contributed by atoms with van der Waals surface area (Å²) in [5.41, 5.74) is 0.664. The maximum Gasteiger partial charge on any atom is 0.273 e. The predicted octanol–water partition coefficient (Wildman–Crippen LogP) is 1.58. The highest BCUT2D eigenvalue weighted by Gasteiger charge is 2.17. The zero-order valence-corrected chi connectivity index (χ0v) is 15.7. The molecule has 3 rings (SSSR count). The molecule has 0 bridgehead atoms. The van der Waals surface area contributed by atoms with Crippen molar-refractivity contribution in [1.29, 1.82) is 0 Å². The van der Waals surface area contributed by atoms with Crippen molar-refractivity contribution in [2.45, 2.75) is 19.3 Å². The minimum Gasteiger partial charge on any atom is -0.493 e. The molecule has 1 fully saturated rings. The lowest BCUT2D eigenvalue weighted by atomic mass is 10.2. The van der Waals surface area contributed by atoms with Gasteiger partial charge in [-0.25, -0.2) is 0 Å². The molecule has 8 heteroatoms. The van der Waals surface area contributed by atoms with Crippen LogP contribution in [0.25, 0.3) is 11.4 Å². The number of aryl methyl sites for hydroxylation is 1. The Labute approximate surface area is 163 Å². The van der Waals surface area contributed by atoms with E-state index < -0.39 is 0 Å². The van der Waals surface area contributed by atoms with E-state index in [9.17, 15) is 9.59 Å². The SMILES string of the molecule is C=CCCOc1ccc(-c2nnc(CCC(=O)N3CCOCC3)c(=O)[nH]2)cc1. The van der Waals surface area contributed by atoms with E-state index >= 15 is 0 Å². The summed E-state index contributed by atoms with van der Waals surface area (Å²) < 4.78 is 10.8. The van der Waals surface area contributed by atoms with Gasteiger partial charge in [-0.2, -0.15) is 0 Å². The first-order valence-electron chi connectivity index (χ1n) is 9.33. The van der Waals surface area contributed by atoms with Gasteiger partial charge in [0.25, 0.3) is 5.56 Å². The molecule has 0 spiro atoms. The summed E-state index contributed by atoms with van der Waals surface area (Å²) in [5, 5.41) is 8.12. The number of nitrogens with zero attached hydrogens (tertiary/aromatic N) is 3. The second-order valence-corrected chi connectivity index (χ2v) is 6.39. The van der Waals surface area contributed by atoms with Crippen molar-refractivity contribution in [3.63, 3.8) is 0 Å². The maximum absolute atomic E-state index is 12.3. The van der Waals surface area contributed by atoms with Gasteiger partial charge in [-0.15, -0.1) is 16.8 Å². The highest BCUT2D eigenvalue weighted by atomic mass is 16.5.